The quantitative estimate of drug-likeness (QED) is 0.510. The van der Waals surface area contributed by atoms with Gasteiger partial charge in [-0.1, -0.05) is 0 Å². The highest BCUT2D eigenvalue weighted by molar-refractivity contribution is 5.82. The van der Waals surface area contributed by atoms with Crippen LogP contribution < -0.4 is 5.32 Å². The van der Waals surface area contributed by atoms with E-state index in [1.807, 2.05) is 0 Å². The summed E-state index contributed by atoms with van der Waals surface area (Å²) in [6.45, 7) is 1.94. The molecule has 1 fully saturated rings. The first-order valence-corrected chi connectivity index (χ1v) is 3.97. The zero-order chi connectivity index (χ0) is 10.0. The van der Waals surface area contributed by atoms with Crippen molar-refractivity contribution in [3.05, 3.63) is 0 Å². The summed E-state index contributed by atoms with van der Waals surface area (Å²) in [6.07, 6.45) is -0.467. The number of aliphatic carboxylic acids is 1. The molecule has 0 aromatic heterocycles. The summed E-state index contributed by atoms with van der Waals surface area (Å²) in [5.41, 5.74) is 0. The van der Waals surface area contributed by atoms with Gasteiger partial charge >= 0.3 is 12.0 Å². The van der Waals surface area contributed by atoms with E-state index in [-0.39, 0.29) is 13.1 Å². The fourth-order valence-electron chi connectivity index (χ4n) is 0.959. The lowest BCUT2D eigenvalue weighted by Crippen LogP contribution is -2.58. The first-order valence-electron chi connectivity index (χ1n) is 3.97. The molecule has 0 aliphatic carbocycles. The van der Waals surface area contributed by atoms with E-state index in [0.29, 0.717) is 0 Å². The van der Waals surface area contributed by atoms with E-state index in [1.165, 1.54) is 11.8 Å². The molecule has 0 radical (unpaired) electrons. The smallest absolute Gasteiger partial charge is 0.325 e. The monoisotopic (exact) mass is 188 g/mol. The minimum Gasteiger partial charge on any atom is -0.480 e. The number of hydrogen-bond donors (Lipinski definition) is 3. The Morgan fingerprint density at radius 3 is 2.46 bits per heavy atom. The van der Waals surface area contributed by atoms with Gasteiger partial charge in [0.2, 0.25) is 0 Å². The SMILES string of the molecule is C[C@H](NC(=O)N1CC(O)C1)C(=O)O. The number of urea groups is 1. The molecule has 6 heteroatoms. The van der Waals surface area contributed by atoms with Crippen LogP contribution in [0.3, 0.4) is 0 Å². The molecule has 3 N–H and O–H groups in total. The number of carboxylic acid groups (broad SMARTS) is 1. The third-order valence-corrected chi connectivity index (χ3v) is 1.86. The Balaban J connectivity index is 2.29. The maximum atomic E-state index is 11.1. The lowest BCUT2D eigenvalue weighted by Gasteiger charge is -2.36. The number of amides is 2. The largest absolute Gasteiger partial charge is 0.480 e. The predicted molar refractivity (Wildman–Crippen MR) is 43.2 cm³/mol. The maximum Gasteiger partial charge on any atom is 0.325 e. The van der Waals surface area contributed by atoms with Crippen LogP contribution >= 0.6 is 0 Å². The number of carbonyl (C=O) groups excluding carboxylic acids is 1. The Kier molecular flexibility index (Phi) is 2.72. The number of carbonyl (C=O) groups is 2. The molecule has 1 saturated heterocycles. The Bertz CT molecular complexity index is 225. The second-order valence-corrected chi connectivity index (χ2v) is 3.07. The zero-order valence-corrected chi connectivity index (χ0v) is 7.23. The first-order chi connectivity index (χ1) is 6.00. The highest BCUT2D eigenvalue weighted by atomic mass is 16.4. The van der Waals surface area contributed by atoms with Gasteiger partial charge in [0.15, 0.2) is 0 Å². The van der Waals surface area contributed by atoms with E-state index in [9.17, 15) is 9.59 Å². The standard InChI is InChI=1S/C7H12N2O4/c1-4(6(11)12)8-7(13)9-2-5(10)3-9/h4-5,10H,2-3H2,1H3,(H,8,13)(H,11,12)/t4-/m0/s1. The van der Waals surface area contributed by atoms with E-state index in [2.05, 4.69) is 5.32 Å². The van der Waals surface area contributed by atoms with Gasteiger partial charge in [0, 0.05) is 0 Å². The van der Waals surface area contributed by atoms with Gasteiger partial charge in [-0.3, -0.25) is 4.79 Å². The van der Waals surface area contributed by atoms with Crippen LogP contribution in [0.4, 0.5) is 4.79 Å². The number of aliphatic hydroxyl groups is 1. The van der Waals surface area contributed by atoms with Crippen molar-refractivity contribution in [2.75, 3.05) is 13.1 Å². The van der Waals surface area contributed by atoms with Gasteiger partial charge in [-0.2, -0.15) is 0 Å². The Hall–Kier alpha value is -1.30. The van der Waals surface area contributed by atoms with Crippen molar-refractivity contribution in [3.63, 3.8) is 0 Å². The molecule has 0 unspecified atom stereocenters. The third kappa shape index (κ3) is 2.32. The molecule has 1 rings (SSSR count). The first kappa shape index (κ1) is 9.79. The number of carboxylic acids is 1. The van der Waals surface area contributed by atoms with Gasteiger partial charge in [-0.05, 0) is 6.92 Å². The van der Waals surface area contributed by atoms with Crippen LogP contribution in [0.25, 0.3) is 0 Å². The van der Waals surface area contributed by atoms with E-state index in [0.717, 1.165) is 0 Å². The molecule has 74 valence electrons. The molecule has 1 aliphatic rings. The molecule has 2 amide bonds. The summed E-state index contributed by atoms with van der Waals surface area (Å²) >= 11 is 0. The van der Waals surface area contributed by atoms with Crippen molar-refractivity contribution in [2.45, 2.75) is 19.1 Å². The highest BCUT2D eigenvalue weighted by Gasteiger charge is 2.30. The van der Waals surface area contributed by atoms with Crippen molar-refractivity contribution in [1.29, 1.82) is 0 Å². The van der Waals surface area contributed by atoms with Crippen LogP contribution in [-0.4, -0.2) is 52.3 Å². The van der Waals surface area contributed by atoms with Crippen molar-refractivity contribution >= 4 is 12.0 Å². The van der Waals surface area contributed by atoms with Gasteiger partial charge in [-0.25, -0.2) is 4.79 Å². The molecule has 1 aliphatic heterocycles. The molecule has 0 spiro atoms. The number of likely N-dealkylation sites (tertiary alicyclic amines) is 1. The minimum absolute atomic E-state index is 0.276. The van der Waals surface area contributed by atoms with Crippen LogP contribution in [0.15, 0.2) is 0 Å². The summed E-state index contributed by atoms with van der Waals surface area (Å²) in [4.78, 5) is 22.8. The average Bonchev–Trinajstić information content (AvgIpc) is 1.98. The van der Waals surface area contributed by atoms with Crippen LogP contribution in [0.5, 0.6) is 0 Å². The summed E-state index contributed by atoms with van der Waals surface area (Å²) in [6, 6.07) is -1.34. The van der Waals surface area contributed by atoms with E-state index < -0.39 is 24.1 Å². The molecule has 6 nitrogen and oxygen atoms in total. The normalized spacial score (nSPS) is 19.1. The number of β-amino-alcohol motifs (C(OH)–C–C–N with tert-alkyl or cyclic N) is 1. The fraction of sp³-hybridized carbons (Fsp3) is 0.714. The summed E-state index contributed by atoms with van der Waals surface area (Å²) in [7, 11) is 0. The number of aliphatic hydroxyl groups excluding tert-OH is 1. The van der Waals surface area contributed by atoms with Gasteiger partial charge in [0.1, 0.15) is 6.04 Å². The fourth-order valence-corrected chi connectivity index (χ4v) is 0.959. The van der Waals surface area contributed by atoms with Crippen molar-refractivity contribution in [2.24, 2.45) is 0 Å². The van der Waals surface area contributed by atoms with Crippen LogP contribution in [0.1, 0.15) is 6.92 Å². The maximum absolute atomic E-state index is 11.1. The van der Waals surface area contributed by atoms with E-state index in [4.69, 9.17) is 10.2 Å². The molecule has 0 aromatic rings. The summed E-state index contributed by atoms with van der Waals surface area (Å²) in [5.74, 6) is -1.07. The van der Waals surface area contributed by atoms with Crippen molar-refractivity contribution in [1.82, 2.24) is 10.2 Å². The van der Waals surface area contributed by atoms with Gasteiger partial charge in [-0.15, -0.1) is 0 Å². The lowest BCUT2D eigenvalue weighted by atomic mass is 10.2. The molecule has 13 heavy (non-hydrogen) atoms. The summed E-state index contributed by atoms with van der Waals surface area (Å²) < 4.78 is 0. The Labute approximate surface area is 75.1 Å². The second-order valence-electron chi connectivity index (χ2n) is 3.07. The lowest BCUT2D eigenvalue weighted by molar-refractivity contribution is -0.138. The van der Waals surface area contributed by atoms with E-state index >= 15 is 0 Å². The van der Waals surface area contributed by atoms with Gasteiger partial charge < -0.3 is 20.4 Å². The molecule has 1 atom stereocenters. The van der Waals surface area contributed by atoms with Crippen LogP contribution in [0.2, 0.25) is 0 Å². The Morgan fingerprint density at radius 2 is 2.08 bits per heavy atom. The molecule has 0 bridgehead atoms. The third-order valence-electron chi connectivity index (χ3n) is 1.86. The second kappa shape index (κ2) is 3.61. The van der Waals surface area contributed by atoms with Crippen LogP contribution in [-0.2, 0) is 4.79 Å². The topological polar surface area (TPSA) is 89.9 Å². The Morgan fingerprint density at radius 1 is 1.54 bits per heavy atom. The molecular weight excluding hydrogens is 176 g/mol. The van der Waals surface area contributed by atoms with Gasteiger partial charge in [0.25, 0.3) is 0 Å². The predicted octanol–water partition coefficient (Wildman–Crippen LogP) is -1.15. The molecule has 1 heterocycles. The number of nitrogens with zero attached hydrogens (tertiary/aromatic N) is 1. The number of hydrogen-bond acceptors (Lipinski definition) is 3. The zero-order valence-electron chi connectivity index (χ0n) is 7.23. The minimum atomic E-state index is -1.07. The average molecular weight is 188 g/mol. The van der Waals surface area contributed by atoms with Crippen molar-refractivity contribution in [3.8, 4) is 0 Å². The molecule has 0 saturated carbocycles. The molecule has 0 aromatic carbocycles. The number of rotatable bonds is 2. The summed E-state index contributed by atoms with van der Waals surface area (Å²) in [5, 5.41) is 19.6. The van der Waals surface area contributed by atoms with Gasteiger partial charge in [0.05, 0.1) is 19.2 Å². The number of nitrogens with one attached hydrogen (secondary N) is 1. The van der Waals surface area contributed by atoms with Crippen molar-refractivity contribution < 1.29 is 19.8 Å². The van der Waals surface area contributed by atoms with E-state index in [1.54, 1.807) is 0 Å². The highest BCUT2D eigenvalue weighted by Crippen LogP contribution is 2.06. The van der Waals surface area contributed by atoms with Crippen LogP contribution in [0, 0.1) is 0 Å². The molecular formula is C7H12N2O4.